The fraction of sp³-hybridized carbons (Fsp3) is 0.154. The van der Waals surface area contributed by atoms with Crippen LogP contribution in [0, 0.1) is 0 Å². The molecule has 0 saturated carbocycles. The van der Waals surface area contributed by atoms with Gasteiger partial charge in [0.15, 0.2) is 5.65 Å². The maximum absolute atomic E-state index is 11.3. The van der Waals surface area contributed by atoms with E-state index in [2.05, 4.69) is 10.1 Å². The standard InChI is InChI=1S/C13H11N3O3S/c1-16-12-9(6-15-16)11(10(5-14-12)13(17)18)20-7-8-3-2-4-19-8/h2-6H,7H2,1H3,(H,17,18). The van der Waals surface area contributed by atoms with Crippen molar-refractivity contribution in [1.29, 1.82) is 0 Å². The smallest absolute Gasteiger partial charge is 0.338 e. The van der Waals surface area contributed by atoms with Crippen LogP contribution >= 0.6 is 11.8 Å². The highest BCUT2D eigenvalue weighted by Gasteiger charge is 2.17. The van der Waals surface area contributed by atoms with Crippen LogP contribution in [0.4, 0.5) is 0 Å². The van der Waals surface area contributed by atoms with E-state index in [0.717, 1.165) is 11.1 Å². The van der Waals surface area contributed by atoms with Crippen molar-refractivity contribution in [2.24, 2.45) is 7.05 Å². The summed E-state index contributed by atoms with van der Waals surface area (Å²) in [7, 11) is 1.77. The lowest BCUT2D eigenvalue weighted by Crippen LogP contribution is -2.01. The van der Waals surface area contributed by atoms with Crippen LogP contribution in [0.2, 0.25) is 0 Å². The first kappa shape index (κ1) is 12.7. The van der Waals surface area contributed by atoms with Crippen molar-refractivity contribution < 1.29 is 14.3 Å². The molecule has 20 heavy (non-hydrogen) atoms. The van der Waals surface area contributed by atoms with Gasteiger partial charge in [0, 0.05) is 18.1 Å². The third-order valence-corrected chi connectivity index (χ3v) is 4.04. The zero-order chi connectivity index (χ0) is 14.1. The summed E-state index contributed by atoms with van der Waals surface area (Å²) < 4.78 is 6.89. The summed E-state index contributed by atoms with van der Waals surface area (Å²) in [6, 6.07) is 3.66. The number of furan rings is 1. The number of nitrogens with zero attached hydrogens (tertiary/aromatic N) is 3. The predicted octanol–water partition coefficient (Wildman–Crippen LogP) is 2.55. The van der Waals surface area contributed by atoms with Crippen molar-refractivity contribution in [3.05, 3.63) is 42.1 Å². The molecule has 3 aromatic rings. The number of pyridine rings is 1. The third-order valence-electron chi connectivity index (χ3n) is 2.88. The molecule has 3 aromatic heterocycles. The maximum atomic E-state index is 11.3. The minimum absolute atomic E-state index is 0.182. The van der Waals surface area contributed by atoms with Gasteiger partial charge in [-0.05, 0) is 12.1 Å². The first-order chi connectivity index (χ1) is 9.66. The molecular formula is C13H11N3O3S. The second-order valence-corrected chi connectivity index (χ2v) is 5.17. The third kappa shape index (κ3) is 2.16. The molecular weight excluding hydrogens is 278 g/mol. The lowest BCUT2D eigenvalue weighted by molar-refractivity contribution is 0.0693. The number of hydrogen-bond donors (Lipinski definition) is 1. The Morgan fingerprint density at radius 3 is 3.05 bits per heavy atom. The van der Waals surface area contributed by atoms with Crippen LogP contribution in [-0.4, -0.2) is 25.8 Å². The molecule has 7 heteroatoms. The zero-order valence-electron chi connectivity index (χ0n) is 10.6. The van der Waals surface area contributed by atoms with Crippen LogP contribution in [0.3, 0.4) is 0 Å². The molecule has 0 spiro atoms. The summed E-state index contributed by atoms with van der Waals surface area (Å²) in [5.41, 5.74) is 0.846. The number of carbonyl (C=O) groups is 1. The van der Waals surface area contributed by atoms with E-state index in [1.54, 1.807) is 30.3 Å². The van der Waals surface area contributed by atoms with Gasteiger partial charge < -0.3 is 9.52 Å². The number of rotatable bonds is 4. The van der Waals surface area contributed by atoms with Gasteiger partial charge in [-0.1, -0.05) is 0 Å². The lowest BCUT2D eigenvalue weighted by atomic mass is 10.2. The van der Waals surface area contributed by atoms with Gasteiger partial charge in [0.25, 0.3) is 0 Å². The average molecular weight is 289 g/mol. The predicted molar refractivity (Wildman–Crippen MR) is 73.7 cm³/mol. The van der Waals surface area contributed by atoms with Crippen molar-refractivity contribution in [2.75, 3.05) is 0 Å². The van der Waals surface area contributed by atoms with E-state index in [9.17, 15) is 9.90 Å². The summed E-state index contributed by atoms with van der Waals surface area (Å²) in [6.45, 7) is 0. The highest BCUT2D eigenvalue weighted by atomic mass is 32.2. The van der Waals surface area contributed by atoms with E-state index in [1.807, 2.05) is 6.07 Å². The highest BCUT2D eigenvalue weighted by molar-refractivity contribution is 7.98. The van der Waals surface area contributed by atoms with Crippen LogP contribution in [0.15, 0.2) is 40.1 Å². The summed E-state index contributed by atoms with van der Waals surface area (Å²) in [6.07, 6.45) is 4.61. The quantitative estimate of drug-likeness (QED) is 0.743. The van der Waals surface area contributed by atoms with E-state index in [1.165, 1.54) is 18.0 Å². The molecule has 0 unspecified atom stereocenters. The average Bonchev–Trinajstić information content (AvgIpc) is 3.06. The Hall–Kier alpha value is -2.28. The van der Waals surface area contributed by atoms with Gasteiger partial charge in [0.05, 0.1) is 29.2 Å². The molecule has 1 N–H and O–H groups in total. The monoisotopic (exact) mass is 289 g/mol. The van der Waals surface area contributed by atoms with Gasteiger partial charge in [-0.25, -0.2) is 9.78 Å². The summed E-state index contributed by atoms with van der Waals surface area (Å²) >= 11 is 1.41. The summed E-state index contributed by atoms with van der Waals surface area (Å²) in [4.78, 5) is 16.1. The first-order valence-electron chi connectivity index (χ1n) is 5.86. The van der Waals surface area contributed by atoms with Crippen molar-refractivity contribution in [3.63, 3.8) is 0 Å². The molecule has 0 aromatic carbocycles. The van der Waals surface area contributed by atoms with E-state index >= 15 is 0 Å². The van der Waals surface area contributed by atoms with Crippen LogP contribution in [0.1, 0.15) is 16.1 Å². The van der Waals surface area contributed by atoms with Crippen molar-refractivity contribution in [2.45, 2.75) is 10.6 Å². The Morgan fingerprint density at radius 1 is 1.50 bits per heavy atom. The Morgan fingerprint density at radius 2 is 2.35 bits per heavy atom. The minimum atomic E-state index is -0.995. The second kappa shape index (κ2) is 5.01. The largest absolute Gasteiger partial charge is 0.478 e. The van der Waals surface area contributed by atoms with Crippen molar-refractivity contribution >= 4 is 28.8 Å². The molecule has 0 fully saturated rings. The topological polar surface area (TPSA) is 81.2 Å². The summed E-state index contributed by atoms with van der Waals surface area (Å²) in [5, 5.41) is 14.2. The highest BCUT2D eigenvalue weighted by Crippen LogP contribution is 2.32. The molecule has 6 nitrogen and oxygen atoms in total. The van der Waals surface area contributed by atoms with Crippen LogP contribution < -0.4 is 0 Å². The number of aryl methyl sites for hydroxylation is 1. The normalized spacial score (nSPS) is 11.1. The fourth-order valence-electron chi connectivity index (χ4n) is 1.92. The molecule has 0 atom stereocenters. The number of aromatic carboxylic acids is 1. The Bertz CT molecular complexity index is 765. The molecule has 0 bridgehead atoms. The minimum Gasteiger partial charge on any atom is -0.478 e. The number of hydrogen-bond acceptors (Lipinski definition) is 5. The number of carboxylic acids is 1. The van der Waals surface area contributed by atoms with E-state index in [-0.39, 0.29) is 5.56 Å². The van der Waals surface area contributed by atoms with Crippen molar-refractivity contribution in [1.82, 2.24) is 14.8 Å². The van der Waals surface area contributed by atoms with Gasteiger partial charge in [-0.15, -0.1) is 11.8 Å². The molecule has 0 aliphatic heterocycles. The molecule has 3 heterocycles. The van der Waals surface area contributed by atoms with Crippen molar-refractivity contribution in [3.8, 4) is 0 Å². The van der Waals surface area contributed by atoms with Gasteiger partial charge in [0.1, 0.15) is 5.76 Å². The molecule has 0 saturated heterocycles. The Kier molecular flexibility index (Phi) is 3.19. The maximum Gasteiger partial charge on any atom is 0.338 e. The summed E-state index contributed by atoms with van der Waals surface area (Å²) in [5.74, 6) is 0.353. The van der Waals surface area contributed by atoms with Gasteiger partial charge in [-0.3, -0.25) is 4.68 Å². The number of fused-ring (bicyclic) bond motifs is 1. The van der Waals surface area contributed by atoms with E-state index < -0.39 is 5.97 Å². The first-order valence-corrected chi connectivity index (χ1v) is 6.84. The van der Waals surface area contributed by atoms with E-state index in [4.69, 9.17) is 4.42 Å². The molecule has 0 aliphatic carbocycles. The number of thioether (sulfide) groups is 1. The Labute approximate surface area is 118 Å². The molecule has 0 amide bonds. The van der Waals surface area contributed by atoms with Crippen LogP contribution in [-0.2, 0) is 12.8 Å². The second-order valence-electron chi connectivity index (χ2n) is 4.18. The number of carboxylic acid groups (broad SMARTS) is 1. The van der Waals surface area contributed by atoms with E-state index in [0.29, 0.717) is 16.3 Å². The molecule has 0 radical (unpaired) electrons. The van der Waals surface area contributed by atoms with Gasteiger partial charge in [0.2, 0.25) is 0 Å². The molecule has 3 rings (SSSR count). The fourth-order valence-corrected chi connectivity index (χ4v) is 2.97. The zero-order valence-corrected chi connectivity index (χ0v) is 11.4. The van der Waals surface area contributed by atoms with Crippen LogP contribution in [0.5, 0.6) is 0 Å². The SMILES string of the molecule is Cn1ncc2c(SCc3ccco3)c(C(=O)O)cnc21. The van der Waals surface area contributed by atoms with Gasteiger partial charge in [-0.2, -0.15) is 5.10 Å². The Balaban J connectivity index is 2.05. The number of aromatic nitrogens is 3. The lowest BCUT2D eigenvalue weighted by Gasteiger charge is -2.06. The molecule has 0 aliphatic rings. The molecule has 102 valence electrons. The van der Waals surface area contributed by atoms with Crippen LogP contribution in [0.25, 0.3) is 11.0 Å². The van der Waals surface area contributed by atoms with Gasteiger partial charge >= 0.3 is 5.97 Å².